The fraction of sp³-hybridized carbons (Fsp3) is 0.286. The van der Waals surface area contributed by atoms with Crippen LogP contribution in [0, 0.1) is 13.8 Å². The minimum Gasteiger partial charge on any atom is -0.361 e. The second kappa shape index (κ2) is 6.71. The van der Waals surface area contributed by atoms with Crippen LogP contribution in [0.15, 0.2) is 39.8 Å². The number of carbonyl (C=O) groups excluding carboxylic acids is 1. The van der Waals surface area contributed by atoms with Crippen LogP contribution in [-0.4, -0.2) is 32.6 Å². The predicted molar refractivity (Wildman–Crippen MR) is 79.9 cm³/mol. The van der Waals surface area contributed by atoms with Crippen molar-refractivity contribution in [1.29, 1.82) is 0 Å². The highest BCUT2D eigenvalue weighted by Crippen LogP contribution is 2.09. The second-order valence-corrected chi connectivity index (χ2v) is 6.56. The van der Waals surface area contributed by atoms with E-state index in [2.05, 4.69) is 15.2 Å². The molecule has 0 saturated heterocycles. The number of benzene rings is 1. The second-order valence-electron chi connectivity index (χ2n) is 4.79. The Kier molecular flexibility index (Phi) is 4.94. The van der Waals surface area contributed by atoms with E-state index in [1.54, 1.807) is 19.1 Å². The molecular weight excluding hydrogens is 306 g/mol. The van der Waals surface area contributed by atoms with Crippen molar-refractivity contribution < 1.29 is 17.7 Å². The van der Waals surface area contributed by atoms with Crippen molar-refractivity contribution in [3.63, 3.8) is 0 Å². The molecule has 1 heterocycles. The molecule has 8 heteroatoms. The Hall–Kier alpha value is -2.19. The molecule has 0 aliphatic rings. The molecule has 0 radical (unpaired) electrons. The van der Waals surface area contributed by atoms with Gasteiger partial charge < -0.3 is 9.84 Å². The van der Waals surface area contributed by atoms with Crippen LogP contribution >= 0.6 is 0 Å². The van der Waals surface area contributed by atoms with Crippen molar-refractivity contribution in [3.05, 3.63) is 47.3 Å². The largest absolute Gasteiger partial charge is 0.361 e. The summed E-state index contributed by atoms with van der Waals surface area (Å²) < 4.78 is 31.2. The lowest BCUT2D eigenvalue weighted by molar-refractivity contribution is 0.0945. The molecule has 0 aliphatic carbocycles. The van der Waals surface area contributed by atoms with Crippen LogP contribution in [0.4, 0.5) is 0 Å². The monoisotopic (exact) mass is 323 g/mol. The van der Waals surface area contributed by atoms with Crippen LogP contribution in [0.2, 0.25) is 0 Å². The van der Waals surface area contributed by atoms with Crippen molar-refractivity contribution in [1.82, 2.24) is 15.2 Å². The van der Waals surface area contributed by atoms with Crippen LogP contribution in [-0.2, 0) is 10.0 Å². The van der Waals surface area contributed by atoms with E-state index in [1.165, 1.54) is 18.2 Å². The Morgan fingerprint density at radius 2 is 1.86 bits per heavy atom. The topological polar surface area (TPSA) is 101 Å². The first-order chi connectivity index (χ1) is 10.4. The van der Waals surface area contributed by atoms with E-state index in [-0.39, 0.29) is 23.7 Å². The third kappa shape index (κ3) is 4.15. The summed E-state index contributed by atoms with van der Waals surface area (Å²) in [4.78, 5) is 11.9. The summed E-state index contributed by atoms with van der Waals surface area (Å²) in [7, 11) is -3.57. The SMILES string of the molecule is Cc1ccc(S(=O)(=O)NCCNC(=O)c2cc(C)on2)cc1. The van der Waals surface area contributed by atoms with Crippen LogP contribution in [0.5, 0.6) is 0 Å². The quantitative estimate of drug-likeness (QED) is 0.772. The van der Waals surface area contributed by atoms with Crippen LogP contribution in [0.1, 0.15) is 21.8 Å². The molecule has 0 bridgehead atoms. The number of nitrogens with one attached hydrogen (secondary N) is 2. The van der Waals surface area contributed by atoms with E-state index in [0.29, 0.717) is 5.76 Å². The number of hydrogen-bond acceptors (Lipinski definition) is 5. The lowest BCUT2D eigenvalue weighted by atomic mass is 10.2. The molecule has 22 heavy (non-hydrogen) atoms. The highest BCUT2D eigenvalue weighted by Gasteiger charge is 2.14. The van der Waals surface area contributed by atoms with Gasteiger partial charge in [-0.15, -0.1) is 0 Å². The van der Waals surface area contributed by atoms with E-state index < -0.39 is 15.9 Å². The average Bonchev–Trinajstić information content (AvgIpc) is 2.90. The highest BCUT2D eigenvalue weighted by molar-refractivity contribution is 7.89. The van der Waals surface area contributed by atoms with Gasteiger partial charge in [0.1, 0.15) is 5.76 Å². The maximum Gasteiger partial charge on any atom is 0.273 e. The van der Waals surface area contributed by atoms with Crippen molar-refractivity contribution in [2.45, 2.75) is 18.7 Å². The summed E-state index contributed by atoms with van der Waals surface area (Å²) in [5.74, 6) is 0.122. The van der Waals surface area contributed by atoms with Gasteiger partial charge in [-0.1, -0.05) is 22.9 Å². The zero-order chi connectivity index (χ0) is 16.2. The number of amides is 1. The van der Waals surface area contributed by atoms with Gasteiger partial charge in [0.2, 0.25) is 10.0 Å². The van der Waals surface area contributed by atoms with Gasteiger partial charge in [-0.2, -0.15) is 0 Å². The fourth-order valence-corrected chi connectivity index (χ4v) is 2.76. The first-order valence-corrected chi connectivity index (χ1v) is 8.14. The molecule has 2 aromatic rings. The molecule has 0 saturated carbocycles. The molecule has 1 aromatic heterocycles. The Bertz CT molecular complexity index is 751. The molecule has 0 fully saturated rings. The smallest absolute Gasteiger partial charge is 0.273 e. The number of nitrogens with zero attached hydrogens (tertiary/aromatic N) is 1. The molecule has 2 rings (SSSR count). The molecule has 2 N–H and O–H groups in total. The predicted octanol–water partition coefficient (Wildman–Crippen LogP) is 1.000. The van der Waals surface area contributed by atoms with Crippen LogP contribution in [0.3, 0.4) is 0 Å². The zero-order valence-electron chi connectivity index (χ0n) is 12.3. The van der Waals surface area contributed by atoms with Crippen molar-refractivity contribution >= 4 is 15.9 Å². The molecule has 1 amide bonds. The Morgan fingerprint density at radius 1 is 1.18 bits per heavy atom. The Balaban J connectivity index is 1.83. The van der Waals surface area contributed by atoms with Gasteiger partial charge in [-0.3, -0.25) is 4.79 Å². The van der Waals surface area contributed by atoms with Gasteiger partial charge in [0, 0.05) is 19.2 Å². The van der Waals surface area contributed by atoms with Gasteiger partial charge >= 0.3 is 0 Å². The zero-order valence-corrected chi connectivity index (χ0v) is 13.1. The first-order valence-electron chi connectivity index (χ1n) is 6.66. The third-order valence-electron chi connectivity index (χ3n) is 2.89. The molecule has 118 valence electrons. The minimum atomic E-state index is -3.57. The minimum absolute atomic E-state index is 0.0821. The van der Waals surface area contributed by atoms with Gasteiger partial charge in [-0.05, 0) is 26.0 Å². The van der Waals surface area contributed by atoms with Crippen molar-refractivity contribution in [2.24, 2.45) is 0 Å². The lowest BCUT2D eigenvalue weighted by Crippen LogP contribution is -2.34. The van der Waals surface area contributed by atoms with Gasteiger partial charge in [0.15, 0.2) is 5.69 Å². The Morgan fingerprint density at radius 3 is 2.45 bits per heavy atom. The van der Waals surface area contributed by atoms with Gasteiger partial charge in [0.05, 0.1) is 4.90 Å². The molecule has 0 unspecified atom stereocenters. The summed E-state index contributed by atoms with van der Waals surface area (Å²) in [6, 6.07) is 8.03. The number of aromatic nitrogens is 1. The molecule has 0 aliphatic heterocycles. The summed E-state index contributed by atoms with van der Waals surface area (Å²) >= 11 is 0. The number of aryl methyl sites for hydroxylation is 2. The van der Waals surface area contributed by atoms with Crippen LogP contribution in [0.25, 0.3) is 0 Å². The Labute approximate surface area is 128 Å². The number of hydrogen-bond donors (Lipinski definition) is 2. The summed E-state index contributed by atoms with van der Waals surface area (Å²) in [6.45, 7) is 3.79. The number of rotatable bonds is 6. The maximum absolute atomic E-state index is 12.0. The van der Waals surface area contributed by atoms with Gasteiger partial charge in [0.25, 0.3) is 5.91 Å². The summed E-state index contributed by atoms with van der Waals surface area (Å²) in [5.41, 5.74) is 1.15. The van der Waals surface area contributed by atoms with E-state index >= 15 is 0 Å². The molecule has 7 nitrogen and oxygen atoms in total. The summed E-state index contributed by atoms with van der Waals surface area (Å²) in [6.07, 6.45) is 0. The molecule has 0 spiro atoms. The molecular formula is C14H17N3O4S. The number of sulfonamides is 1. The van der Waals surface area contributed by atoms with E-state index in [4.69, 9.17) is 4.52 Å². The number of carbonyl (C=O) groups is 1. The van der Waals surface area contributed by atoms with Crippen LogP contribution < -0.4 is 10.0 Å². The summed E-state index contributed by atoms with van der Waals surface area (Å²) in [5, 5.41) is 6.13. The van der Waals surface area contributed by atoms with Gasteiger partial charge in [-0.25, -0.2) is 13.1 Å². The van der Waals surface area contributed by atoms with E-state index in [1.807, 2.05) is 6.92 Å². The third-order valence-corrected chi connectivity index (χ3v) is 4.37. The van der Waals surface area contributed by atoms with E-state index in [9.17, 15) is 13.2 Å². The average molecular weight is 323 g/mol. The lowest BCUT2D eigenvalue weighted by Gasteiger charge is -2.07. The molecule has 0 atom stereocenters. The standard InChI is InChI=1S/C14H17N3O4S/c1-10-3-5-12(6-4-10)22(19,20)16-8-7-15-14(18)13-9-11(2)21-17-13/h3-6,9,16H,7-8H2,1-2H3,(H,15,18). The fourth-order valence-electron chi connectivity index (χ4n) is 1.73. The first kappa shape index (κ1) is 16.2. The van der Waals surface area contributed by atoms with Crippen molar-refractivity contribution in [2.75, 3.05) is 13.1 Å². The normalized spacial score (nSPS) is 11.4. The maximum atomic E-state index is 12.0. The molecule has 1 aromatic carbocycles. The highest BCUT2D eigenvalue weighted by atomic mass is 32.2. The van der Waals surface area contributed by atoms with Crippen molar-refractivity contribution in [3.8, 4) is 0 Å². The van der Waals surface area contributed by atoms with E-state index in [0.717, 1.165) is 5.56 Å².